The van der Waals surface area contributed by atoms with Crippen LogP contribution < -0.4 is 5.32 Å². The van der Waals surface area contributed by atoms with Crippen LogP contribution >= 0.6 is 0 Å². The molecule has 0 aromatic rings. The maximum Gasteiger partial charge on any atom is 0.119 e. The first kappa shape index (κ1) is 7.22. The zero-order chi connectivity index (χ0) is 7.56. The van der Waals surface area contributed by atoms with Crippen LogP contribution in [-0.2, 0) is 0 Å². The van der Waals surface area contributed by atoms with Gasteiger partial charge in [-0.3, -0.25) is 10.3 Å². The Hall–Kier alpha value is -0.890. The van der Waals surface area contributed by atoms with Crippen molar-refractivity contribution in [1.29, 1.82) is 0 Å². The van der Waals surface area contributed by atoms with Crippen LogP contribution in [-0.4, -0.2) is 18.9 Å². The Morgan fingerprint density at radius 2 is 2.40 bits per heavy atom. The van der Waals surface area contributed by atoms with Crippen LogP contribution in [0, 0.1) is 0 Å². The zero-order valence-electron chi connectivity index (χ0n) is 6.17. The highest BCUT2D eigenvalue weighted by atomic mass is 15.3. The van der Waals surface area contributed by atoms with Gasteiger partial charge in [-0.15, -0.1) is 0 Å². The Bertz CT molecular complexity index is 182. The van der Waals surface area contributed by atoms with Gasteiger partial charge in [-0.05, 0) is 13.6 Å². The molecule has 2 atom stereocenters. The van der Waals surface area contributed by atoms with Gasteiger partial charge in [-0.2, -0.15) is 0 Å². The highest BCUT2D eigenvalue weighted by molar-refractivity contribution is 5.31. The first-order valence-electron chi connectivity index (χ1n) is 3.30. The molecule has 1 saturated heterocycles. The maximum absolute atomic E-state index is 3.85. The van der Waals surface area contributed by atoms with Crippen molar-refractivity contribution in [2.24, 2.45) is 4.99 Å². The van der Waals surface area contributed by atoms with Gasteiger partial charge in [-0.25, -0.2) is 0 Å². The van der Waals surface area contributed by atoms with Crippen molar-refractivity contribution < 1.29 is 0 Å². The van der Waals surface area contributed by atoms with Crippen molar-refractivity contribution in [3.05, 3.63) is 24.3 Å². The molecule has 2 nitrogen and oxygen atoms in total. The van der Waals surface area contributed by atoms with E-state index in [4.69, 9.17) is 0 Å². The summed E-state index contributed by atoms with van der Waals surface area (Å²) < 4.78 is 0. The van der Waals surface area contributed by atoms with E-state index in [0.717, 1.165) is 0 Å². The van der Waals surface area contributed by atoms with Gasteiger partial charge < -0.3 is 0 Å². The summed E-state index contributed by atoms with van der Waals surface area (Å²) in [6.07, 6.45) is 4.02. The van der Waals surface area contributed by atoms with E-state index in [9.17, 15) is 0 Å². The molecule has 0 bridgehead atoms. The molecule has 1 heterocycles. The monoisotopic (exact) mass is 136 g/mol. The third-order valence-electron chi connectivity index (χ3n) is 1.62. The fraction of sp³-hybridized carbons (Fsp3) is 0.375. The molecule has 10 heavy (non-hydrogen) atoms. The lowest BCUT2D eigenvalue weighted by molar-refractivity contribution is 1.01. The second-order valence-corrected chi connectivity index (χ2v) is 2.42. The van der Waals surface area contributed by atoms with Crippen LogP contribution in [0.5, 0.6) is 0 Å². The van der Waals surface area contributed by atoms with E-state index in [0.29, 0.717) is 6.04 Å². The highest BCUT2D eigenvalue weighted by Gasteiger charge is 2.35. The van der Waals surface area contributed by atoms with Crippen molar-refractivity contribution in [2.45, 2.75) is 19.1 Å². The summed E-state index contributed by atoms with van der Waals surface area (Å²) >= 11 is 0. The number of allylic oxidation sites excluding steroid dienone is 2. The predicted molar refractivity (Wildman–Crippen MR) is 44.2 cm³/mol. The van der Waals surface area contributed by atoms with Gasteiger partial charge in [0.1, 0.15) is 6.17 Å². The molecule has 0 saturated carbocycles. The summed E-state index contributed by atoms with van der Waals surface area (Å²) in [7, 11) is 0. The molecule has 1 aliphatic rings. The Kier molecular flexibility index (Phi) is 2.02. The van der Waals surface area contributed by atoms with Gasteiger partial charge in [-0.1, -0.05) is 24.3 Å². The van der Waals surface area contributed by atoms with Gasteiger partial charge in [0.15, 0.2) is 0 Å². The van der Waals surface area contributed by atoms with Crippen LogP contribution in [0.3, 0.4) is 0 Å². The van der Waals surface area contributed by atoms with E-state index in [2.05, 4.69) is 30.5 Å². The molecular formula is C8H12N2. The SMILES string of the molecule is C=C/C=C(\C)C1NC1N=C. The standard InChI is InChI=1S/C8H12N2/c1-4-5-6(2)7-8(9-3)10-7/h4-5,7-8,10H,1,3H2,2H3/b6-5+. The van der Waals surface area contributed by atoms with Gasteiger partial charge in [0.25, 0.3) is 0 Å². The Balaban J connectivity index is 2.46. The lowest BCUT2D eigenvalue weighted by atomic mass is 10.2. The molecule has 0 spiro atoms. The molecule has 1 fully saturated rings. The molecule has 1 aliphatic heterocycles. The third kappa shape index (κ3) is 1.33. The van der Waals surface area contributed by atoms with Crippen LogP contribution in [0.15, 0.2) is 29.3 Å². The molecule has 1 N–H and O–H groups in total. The maximum atomic E-state index is 3.85. The van der Waals surface area contributed by atoms with Crippen molar-refractivity contribution >= 4 is 6.72 Å². The fourth-order valence-electron chi connectivity index (χ4n) is 0.957. The lowest BCUT2D eigenvalue weighted by Crippen LogP contribution is -1.92. The molecule has 0 aliphatic carbocycles. The third-order valence-corrected chi connectivity index (χ3v) is 1.62. The first-order valence-corrected chi connectivity index (χ1v) is 3.30. The van der Waals surface area contributed by atoms with Crippen molar-refractivity contribution in [3.8, 4) is 0 Å². The minimum Gasteiger partial charge on any atom is -0.284 e. The average molecular weight is 136 g/mol. The number of hydrogen-bond acceptors (Lipinski definition) is 2. The van der Waals surface area contributed by atoms with Crippen LogP contribution in [0.2, 0.25) is 0 Å². The van der Waals surface area contributed by atoms with Crippen LogP contribution in [0.1, 0.15) is 6.92 Å². The van der Waals surface area contributed by atoms with Gasteiger partial charge >= 0.3 is 0 Å². The minimum atomic E-state index is 0.246. The number of nitrogens with one attached hydrogen (secondary N) is 1. The summed E-state index contributed by atoms with van der Waals surface area (Å²) in [5, 5.41) is 3.16. The Morgan fingerprint density at radius 1 is 1.70 bits per heavy atom. The molecular weight excluding hydrogens is 124 g/mol. The molecule has 0 aromatic carbocycles. The van der Waals surface area contributed by atoms with E-state index in [1.165, 1.54) is 5.57 Å². The topological polar surface area (TPSA) is 34.3 Å². The van der Waals surface area contributed by atoms with E-state index in [-0.39, 0.29) is 6.17 Å². The summed E-state index contributed by atoms with van der Waals surface area (Å²) in [5.74, 6) is 0. The summed E-state index contributed by atoms with van der Waals surface area (Å²) in [6.45, 7) is 9.12. The van der Waals surface area contributed by atoms with E-state index < -0.39 is 0 Å². The molecule has 0 amide bonds. The smallest absolute Gasteiger partial charge is 0.119 e. The van der Waals surface area contributed by atoms with Gasteiger partial charge in [0.05, 0.1) is 6.04 Å². The van der Waals surface area contributed by atoms with Gasteiger partial charge in [0, 0.05) is 0 Å². The van der Waals surface area contributed by atoms with E-state index >= 15 is 0 Å². The van der Waals surface area contributed by atoms with E-state index in [1.807, 2.05) is 6.08 Å². The predicted octanol–water partition coefficient (Wildman–Crippen LogP) is 1.12. The fourth-order valence-corrected chi connectivity index (χ4v) is 0.957. The zero-order valence-corrected chi connectivity index (χ0v) is 6.17. The van der Waals surface area contributed by atoms with E-state index in [1.54, 1.807) is 6.08 Å². The quantitative estimate of drug-likeness (QED) is 0.352. The second-order valence-electron chi connectivity index (χ2n) is 2.42. The first-order chi connectivity index (χ1) is 4.79. The molecule has 1 rings (SSSR count). The average Bonchev–Trinajstić information content (AvgIpc) is 2.66. The van der Waals surface area contributed by atoms with Crippen LogP contribution in [0.25, 0.3) is 0 Å². The minimum absolute atomic E-state index is 0.246. The molecule has 0 radical (unpaired) electrons. The summed E-state index contributed by atoms with van der Waals surface area (Å²) in [4.78, 5) is 3.85. The molecule has 0 aromatic heterocycles. The highest BCUT2D eigenvalue weighted by Crippen LogP contribution is 2.19. The molecule has 54 valence electrons. The summed E-state index contributed by atoms with van der Waals surface area (Å²) in [6, 6.07) is 0.412. The second kappa shape index (κ2) is 2.80. The van der Waals surface area contributed by atoms with Crippen LogP contribution in [0.4, 0.5) is 0 Å². The van der Waals surface area contributed by atoms with Crippen molar-refractivity contribution in [3.63, 3.8) is 0 Å². The summed E-state index contributed by atoms with van der Waals surface area (Å²) in [5.41, 5.74) is 1.27. The normalized spacial score (nSPS) is 31.5. The molecule has 2 heteroatoms. The lowest BCUT2D eigenvalue weighted by Gasteiger charge is -1.90. The van der Waals surface area contributed by atoms with Gasteiger partial charge in [0.2, 0.25) is 0 Å². The molecule has 2 unspecified atom stereocenters. The number of rotatable bonds is 3. The number of nitrogens with zero attached hydrogens (tertiary/aromatic N) is 1. The number of hydrogen-bond donors (Lipinski definition) is 1. The largest absolute Gasteiger partial charge is 0.284 e. The Labute approximate surface area is 61.4 Å². The van der Waals surface area contributed by atoms with Crippen molar-refractivity contribution in [1.82, 2.24) is 5.32 Å². The number of aliphatic imine (C=N–C) groups is 1. The van der Waals surface area contributed by atoms with Crippen molar-refractivity contribution in [2.75, 3.05) is 0 Å². The Morgan fingerprint density at radius 3 is 2.80 bits per heavy atom.